The maximum Gasteiger partial charge on any atom is 0.336 e. The van der Waals surface area contributed by atoms with Gasteiger partial charge in [0.2, 0.25) is 0 Å². The number of carbonyl (C=O) groups is 1. The second-order valence-corrected chi connectivity index (χ2v) is 8.83. The number of nitrogens with zero attached hydrogens (tertiary/aromatic N) is 3. The van der Waals surface area contributed by atoms with Crippen LogP contribution >= 0.6 is 0 Å². The summed E-state index contributed by atoms with van der Waals surface area (Å²) in [7, 11) is 0. The minimum Gasteiger partial charge on any atom is -0.484 e. The zero-order chi connectivity index (χ0) is 23.8. The van der Waals surface area contributed by atoms with Gasteiger partial charge in [-0.3, -0.25) is 4.79 Å². The van der Waals surface area contributed by atoms with Crippen LogP contribution in [0.1, 0.15) is 16.7 Å². The van der Waals surface area contributed by atoms with Crippen molar-refractivity contribution in [2.24, 2.45) is 0 Å². The Morgan fingerprint density at radius 2 is 1.71 bits per heavy atom. The van der Waals surface area contributed by atoms with Gasteiger partial charge in [-0.2, -0.15) is 0 Å². The molecular weight excluding hydrogens is 430 g/mol. The van der Waals surface area contributed by atoms with Crippen LogP contribution < -0.4 is 15.3 Å². The molecule has 3 heterocycles. The van der Waals surface area contributed by atoms with Gasteiger partial charge in [0.25, 0.3) is 5.91 Å². The molecule has 0 saturated carbocycles. The normalized spacial score (nSPS) is 14.1. The lowest BCUT2D eigenvalue weighted by Gasteiger charge is -2.35. The molecule has 2 aromatic carbocycles. The molecule has 7 heteroatoms. The Hall–Kier alpha value is -3.87. The molecule has 1 aliphatic rings. The highest BCUT2D eigenvalue weighted by Crippen LogP contribution is 2.26. The lowest BCUT2D eigenvalue weighted by atomic mass is 10.1. The summed E-state index contributed by atoms with van der Waals surface area (Å²) in [6, 6.07) is 15.1. The number of pyridine rings is 1. The Kier molecular flexibility index (Phi) is 5.69. The first-order chi connectivity index (χ1) is 16.4. The number of hydrogen-bond acceptors (Lipinski definition) is 6. The lowest BCUT2D eigenvalue weighted by molar-refractivity contribution is -0.133. The summed E-state index contributed by atoms with van der Waals surface area (Å²) in [6.07, 6.45) is 0. The third-order valence-electron chi connectivity index (χ3n) is 6.48. The van der Waals surface area contributed by atoms with Gasteiger partial charge in [-0.1, -0.05) is 18.2 Å². The lowest BCUT2D eigenvalue weighted by Crippen LogP contribution is -2.50. The maximum absolute atomic E-state index is 12.8. The molecule has 1 amide bonds. The Labute approximate surface area is 197 Å². The molecule has 0 bridgehead atoms. The minimum absolute atomic E-state index is 0.0614. The highest BCUT2D eigenvalue weighted by Gasteiger charge is 2.23. The molecule has 5 rings (SSSR count). The molecule has 0 unspecified atom stereocenters. The number of hydrogen-bond donors (Lipinski definition) is 0. The number of amides is 1. The zero-order valence-corrected chi connectivity index (χ0v) is 19.6. The summed E-state index contributed by atoms with van der Waals surface area (Å²) in [6.45, 7) is 8.66. The monoisotopic (exact) mass is 457 g/mol. The zero-order valence-electron chi connectivity index (χ0n) is 19.6. The highest BCUT2D eigenvalue weighted by atomic mass is 16.5. The third-order valence-corrected chi connectivity index (χ3v) is 6.48. The molecule has 1 aliphatic heterocycles. The van der Waals surface area contributed by atoms with E-state index in [4.69, 9.17) is 14.1 Å². The van der Waals surface area contributed by atoms with E-state index in [2.05, 4.69) is 43.0 Å². The van der Waals surface area contributed by atoms with E-state index in [-0.39, 0.29) is 12.5 Å². The number of fused-ring (bicyclic) bond motifs is 2. The number of benzene rings is 2. The Morgan fingerprint density at radius 1 is 0.941 bits per heavy atom. The van der Waals surface area contributed by atoms with Crippen LogP contribution in [0.25, 0.3) is 21.9 Å². The fraction of sp³-hybridized carbons (Fsp3) is 0.296. The predicted molar refractivity (Wildman–Crippen MR) is 133 cm³/mol. The molecular formula is C27H27N3O4. The van der Waals surface area contributed by atoms with Gasteiger partial charge in [0, 0.05) is 49.1 Å². The molecule has 2 aromatic heterocycles. The molecule has 0 spiro atoms. The van der Waals surface area contributed by atoms with Crippen molar-refractivity contribution in [3.05, 3.63) is 75.6 Å². The van der Waals surface area contributed by atoms with Crippen LogP contribution in [0.15, 0.2) is 57.7 Å². The molecule has 0 radical (unpaired) electrons. The van der Waals surface area contributed by atoms with Crippen LogP contribution in [0.2, 0.25) is 0 Å². The number of rotatable bonds is 4. The smallest absolute Gasteiger partial charge is 0.336 e. The van der Waals surface area contributed by atoms with E-state index in [0.717, 1.165) is 40.9 Å². The average molecular weight is 458 g/mol. The van der Waals surface area contributed by atoms with E-state index in [0.29, 0.717) is 24.4 Å². The molecule has 4 aromatic rings. The quantitative estimate of drug-likeness (QED) is 0.431. The molecule has 1 saturated heterocycles. The molecule has 0 aliphatic carbocycles. The van der Waals surface area contributed by atoms with Crippen molar-refractivity contribution < 1.29 is 13.9 Å². The van der Waals surface area contributed by atoms with E-state index in [9.17, 15) is 9.59 Å². The molecule has 174 valence electrons. The van der Waals surface area contributed by atoms with Crippen LogP contribution in [0.4, 0.5) is 5.82 Å². The molecule has 7 nitrogen and oxygen atoms in total. The van der Waals surface area contributed by atoms with Crippen molar-refractivity contribution in [1.29, 1.82) is 0 Å². The molecule has 0 N–H and O–H groups in total. The maximum atomic E-state index is 12.8. The van der Waals surface area contributed by atoms with Crippen molar-refractivity contribution in [1.82, 2.24) is 9.88 Å². The van der Waals surface area contributed by atoms with Gasteiger partial charge in [-0.05, 0) is 55.7 Å². The van der Waals surface area contributed by atoms with Crippen LogP contribution in [0, 0.1) is 20.8 Å². The first-order valence-corrected chi connectivity index (χ1v) is 11.5. The minimum atomic E-state index is -0.401. The topological polar surface area (TPSA) is 75.9 Å². The van der Waals surface area contributed by atoms with Gasteiger partial charge in [-0.25, -0.2) is 9.78 Å². The number of para-hydroxylation sites is 1. The van der Waals surface area contributed by atoms with Crippen molar-refractivity contribution in [3.8, 4) is 5.75 Å². The Balaban J connectivity index is 1.22. The van der Waals surface area contributed by atoms with Gasteiger partial charge in [0.1, 0.15) is 17.2 Å². The number of piperazine rings is 1. The molecule has 1 fully saturated rings. The van der Waals surface area contributed by atoms with E-state index in [1.807, 2.05) is 17.9 Å². The number of aryl methyl sites for hydroxylation is 3. The number of ether oxygens (including phenoxy) is 1. The van der Waals surface area contributed by atoms with Crippen molar-refractivity contribution in [2.75, 3.05) is 37.7 Å². The largest absolute Gasteiger partial charge is 0.484 e. The van der Waals surface area contributed by atoms with Gasteiger partial charge < -0.3 is 19.0 Å². The van der Waals surface area contributed by atoms with Gasteiger partial charge in [0.05, 0.1) is 5.52 Å². The van der Waals surface area contributed by atoms with Crippen molar-refractivity contribution in [3.63, 3.8) is 0 Å². The summed E-state index contributed by atoms with van der Waals surface area (Å²) in [5.41, 5.74) is 4.30. The third kappa shape index (κ3) is 4.21. The summed E-state index contributed by atoms with van der Waals surface area (Å²) in [5, 5.41) is 2.03. The molecule has 0 atom stereocenters. The van der Waals surface area contributed by atoms with Crippen molar-refractivity contribution >= 4 is 33.6 Å². The van der Waals surface area contributed by atoms with E-state index >= 15 is 0 Å². The van der Waals surface area contributed by atoms with Gasteiger partial charge >= 0.3 is 5.63 Å². The predicted octanol–water partition coefficient (Wildman–Crippen LogP) is 3.99. The van der Waals surface area contributed by atoms with Crippen molar-refractivity contribution in [2.45, 2.75) is 20.8 Å². The van der Waals surface area contributed by atoms with Crippen LogP contribution in [-0.2, 0) is 4.79 Å². The second-order valence-electron chi connectivity index (χ2n) is 8.83. The first-order valence-electron chi connectivity index (χ1n) is 11.5. The summed E-state index contributed by atoms with van der Waals surface area (Å²) >= 11 is 0. The Morgan fingerprint density at radius 3 is 2.50 bits per heavy atom. The number of carbonyl (C=O) groups excluding carboxylic acids is 1. The SMILES string of the molecule is Cc1cc(=O)oc2cc(OCC(=O)N3CCN(c4cc(C)c5cccc(C)c5n4)CC3)ccc12. The van der Waals surface area contributed by atoms with E-state index < -0.39 is 5.63 Å². The number of anilines is 1. The van der Waals surface area contributed by atoms with Crippen LogP contribution in [0.3, 0.4) is 0 Å². The van der Waals surface area contributed by atoms with Gasteiger partial charge in [0.15, 0.2) is 6.61 Å². The average Bonchev–Trinajstić information content (AvgIpc) is 2.83. The fourth-order valence-electron chi connectivity index (χ4n) is 4.52. The summed E-state index contributed by atoms with van der Waals surface area (Å²) in [5.74, 6) is 1.39. The first kappa shape index (κ1) is 21.9. The second kappa shape index (κ2) is 8.82. The molecule has 34 heavy (non-hydrogen) atoms. The standard InChI is InChI=1S/C27H27N3O4/c1-17-5-4-6-22-18(2)13-24(28-27(17)22)29-9-11-30(12-10-29)25(31)16-33-20-7-8-21-19(3)14-26(32)34-23(21)15-20/h4-8,13-15H,9-12,16H2,1-3H3. The van der Waals surface area contributed by atoms with E-state index in [1.165, 1.54) is 17.0 Å². The van der Waals surface area contributed by atoms with Crippen LogP contribution in [0.5, 0.6) is 5.75 Å². The summed E-state index contributed by atoms with van der Waals surface area (Å²) in [4.78, 5) is 33.4. The van der Waals surface area contributed by atoms with Gasteiger partial charge in [-0.15, -0.1) is 0 Å². The highest BCUT2D eigenvalue weighted by molar-refractivity contribution is 5.86. The van der Waals surface area contributed by atoms with E-state index in [1.54, 1.807) is 12.1 Å². The summed E-state index contributed by atoms with van der Waals surface area (Å²) < 4.78 is 11.0. The Bertz CT molecular complexity index is 1450. The fourth-order valence-corrected chi connectivity index (χ4v) is 4.52. The number of aromatic nitrogens is 1. The van der Waals surface area contributed by atoms with Crippen LogP contribution in [-0.4, -0.2) is 48.6 Å².